The molecule has 1 saturated heterocycles. The Hall–Kier alpha value is -2.57. The maximum Gasteiger partial charge on any atom is 0.289 e. The fourth-order valence-corrected chi connectivity index (χ4v) is 2.55. The molecule has 2 amide bonds. The molecule has 2 aromatic heterocycles. The molecular weight excluding hydrogens is 284 g/mol. The molecule has 1 fully saturated rings. The van der Waals surface area contributed by atoms with Crippen molar-refractivity contribution in [2.45, 2.75) is 13.3 Å². The van der Waals surface area contributed by atoms with Crippen LogP contribution in [0.1, 0.15) is 21.9 Å². The molecule has 0 saturated carbocycles. The molecule has 0 aliphatic carbocycles. The molecule has 1 aliphatic rings. The lowest BCUT2D eigenvalue weighted by atomic mass is 10.2. The molecule has 2 aromatic rings. The Bertz CT molecular complexity index is 654. The zero-order valence-electron chi connectivity index (χ0n) is 12.4. The molecule has 0 aromatic carbocycles. The first kappa shape index (κ1) is 14.4. The molecule has 7 nitrogen and oxygen atoms in total. The average molecular weight is 302 g/mol. The summed E-state index contributed by atoms with van der Waals surface area (Å²) in [6.45, 7) is 4.01. The summed E-state index contributed by atoms with van der Waals surface area (Å²) in [5.41, 5.74) is 1.69. The lowest BCUT2D eigenvalue weighted by Crippen LogP contribution is -2.50. The van der Waals surface area contributed by atoms with E-state index in [1.165, 1.54) is 6.26 Å². The zero-order valence-corrected chi connectivity index (χ0v) is 12.4. The van der Waals surface area contributed by atoms with Gasteiger partial charge in [0.1, 0.15) is 0 Å². The summed E-state index contributed by atoms with van der Waals surface area (Å²) in [5.74, 6) is 0.253. The first-order valence-corrected chi connectivity index (χ1v) is 7.25. The van der Waals surface area contributed by atoms with Crippen LogP contribution in [0.15, 0.2) is 28.9 Å². The van der Waals surface area contributed by atoms with E-state index in [-0.39, 0.29) is 18.2 Å². The number of amides is 2. The number of hydrogen-bond donors (Lipinski definition) is 1. The second-order valence-electron chi connectivity index (χ2n) is 5.37. The van der Waals surface area contributed by atoms with Crippen LogP contribution in [0, 0.1) is 6.92 Å². The third-order valence-electron chi connectivity index (χ3n) is 3.74. The van der Waals surface area contributed by atoms with Gasteiger partial charge in [-0.1, -0.05) is 0 Å². The van der Waals surface area contributed by atoms with Crippen molar-refractivity contribution in [2.24, 2.45) is 0 Å². The van der Waals surface area contributed by atoms with Crippen LogP contribution >= 0.6 is 0 Å². The van der Waals surface area contributed by atoms with Gasteiger partial charge in [-0.25, -0.2) is 0 Å². The molecule has 0 spiro atoms. The second kappa shape index (κ2) is 6.05. The monoisotopic (exact) mass is 302 g/mol. The van der Waals surface area contributed by atoms with Gasteiger partial charge in [-0.05, 0) is 25.1 Å². The number of H-pyrrole nitrogens is 1. The standard InChI is InChI=1S/C15H18N4O3/c1-11-9-12(17-16-11)10-14(20)18-4-6-19(7-5-18)15(21)13-3-2-8-22-13/h2-3,8-9H,4-7,10H2,1H3,(H,16,17). The number of piperazine rings is 1. The zero-order chi connectivity index (χ0) is 15.5. The Morgan fingerprint density at radius 2 is 2.00 bits per heavy atom. The van der Waals surface area contributed by atoms with E-state index < -0.39 is 0 Å². The van der Waals surface area contributed by atoms with Crippen molar-refractivity contribution in [1.29, 1.82) is 0 Å². The molecule has 22 heavy (non-hydrogen) atoms. The van der Waals surface area contributed by atoms with Crippen molar-refractivity contribution in [2.75, 3.05) is 26.2 Å². The minimum atomic E-state index is -0.125. The van der Waals surface area contributed by atoms with Crippen LogP contribution in [0.4, 0.5) is 0 Å². The maximum atomic E-state index is 12.2. The number of furan rings is 1. The van der Waals surface area contributed by atoms with Gasteiger partial charge in [-0.2, -0.15) is 5.10 Å². The number of nitrogens with zero attached hydrogens (tertiary/aromatic N) is 3. The smallest absolute Gasteiger partial charge is 0.289 e. The molecule has 0 radical (unpaired) electrons. The van der Waals surface area contributed by atoms with Gasteiger partial charge in [-0.3, -0.25) is 14.7 Å². The highest BCUT2D eigenvalue weighted by atomic mass is 16.3. The van der Waals surface area contributed by atoms with Crippen LogP contribution in [-0.4, -0.2) is 58.0 Å². The van der Waals surface area contributed by atoms with Crippen molar-refractivity contribution in [3.63, 3.8) is 0 Å². The minimum absolute atomic E-state index is 0.0385. The summed E-state index contributed by atoms with van der Waals surface area (Å²) in [6.07, 6.45) is 1.77. The molecule has 1 N–H and O–H groups in total. The van der Waals surface area contributed by atoms with Crippen molar-refractivity contribution < 1.29 is 14.0 Å². The summed E-state index contributed by atoms with van der Waals surface area (Å²) in [6, 6.07) is 5.22. The predicted molar refractivity (Wildman–Crippen MR) is 78.2 cm³/mol. The number of hydrogen-bond acceptors (Lipinski definition) is 4. The van der Waals surface area contributed by atoms with Crippen molar-refractivity contribution >= 4 is 11.8 Å². The van der Waals surface area contributed by atoms with Gasteiger partial charge in [0.25, 0.3) is 5.91 Å². The summed E-state index contributed by atoms with van der Waals surface area (Å²) in [4.78, 5) is 27.9. The Morgan fingerprint density at radius 3 is 2.59 bits per heavy atom. The van der Waals surface area contributed by atoms with Crippen molar-refractivity contribution in [3.8, 4) is 0 Å². The number of aryl methyl sites for hydroxylation is 1. The van der Waals surface area contributed by atoms with Crippen LogP contribution in [0.2, 0.25) is 0 Å². The molecule has 7 heteroatoms. The van der Waals surface area contributed by atoms with E-state index in [0.29, 0.717) is 31.9 Å². The quantitative estimate of drug-likeness (QED) is 0.910. The predicted octanol–water partition coefficient (Wildman–Crippen LogP) is 0.838. The highest BCUT2D eigenvalue weighted by Gasteiger charge is 2.26. The lowest BCUT2D eigenvalue weighted by Gasteiger charge is -2.34. The number of carbonyl (C=O) groups excluding carboxylic acids is 2. The van der Waals surface area contributed by atoms with Crippen LogP contribution in [-0.2, 0) is 11.2 Å². The van der Waals surface area contributed by atoms with Gasteiger partial charge in [0.2, 0.25) is 5.91 Å². The van der Waals surface area contributed by atoms with E-state index >= 15 is 0 Å². The van der Waals surface area contributed by atoms with E-state index in [9.17, 15) is 9.59 Å². The number of aromatic nitrogens is 2. The first-order chi connectivity index (χ1) is 10.6. The number of aromatic amines is 1. The Labute approximate surface area is 127 Å². The van der Waals surface area contributed by atoms with E-state index in [2.05, 4.69) is 10.2 Å². The van der Waals surface area contributed by atoms with Gasteiger partial charge in [-0.15, -0.1) is 0 Å². The normalized spacial score (nSPS) is 15.1. The molecular formula is C15H18N4O3. The van der Waals surface area contributed by atoms with E-state index in [4.69, 9.17) is 4.42 Å². The molecule has 0 unspecified atom stereocenters. The molecule has 0 atom stereocenters. The number of rotatable bonds is 3. The largest absolute Gasteiger partial charge is 0.459 e. The summed E-state index contributed by atoms with van der Waals surface area (Å²) in [5, 5.41) is 6.91. The fourth-order valence-electron chi connectivity index (χ4n) is 2.55. The Morgan fingerprint density at radius 1 is 1.27 bits per heavy atom. The van der Waals surface area contributed by atoms with Crippen LogP contribution in [0.3, 0.4) is 0 Å². The molecule has 0 bridgehead atoms. The molecule has 3 heterocycles. The average Bonchev–Trinajstić information content (AvgIpc) is 3.18. The lowest BCUT2D eigenvalue weighted by molar-refractivity contribution is -0.132. The van der Waals surface area contributed by atoms with Crippen molar-refractivity contribution in [1.82, 2.24) is 20.0 Å². The topological polar surface area (TPSA) is 82.4 Å². The van der Waals surface area contributed by atoms with Crippen LogP contribution in [0.5, 0.6) is 0 Å². The second-order valence-corrected chi connectivity index (χ2v) is 5.37. The molecule has 1 aliphatic heterocycles. The van der Waals surface area contributed by atoms with E-state index in [0.717, 1.165) is 11.4 Å². The molecule has 3 rings (SSSR count). The number of nitrogens with one attached hydrogen (secondary N) is 1. The van der Waals surface area contributed by atoms with Gasteiger partial charge in [0.15, 0.2) is 5.76 Å². The summed E-state index contributed by atoms with van der Waals surface area (Å²) >= 11 is 0. The van der Waals surface area contributed by atoms with Gasteiger partial charge in [0, 0.05) is 31.9 Å². The van der Waals surface area contributed by atoms with E-state index in [1.54, 1.807) is 21.9 Å². The Balaban J connectivity index is 1.53. The summed E-state index contributed by atoms with van der Waals surface area (Å²) in [7, 11) is 0. The van der Waals surface area contributed by atoms with Gasteiger partial charge < -0.3 is 14.2 Å². The maximum absolute atomic E-state index is 12.2. The van der Waals surface area contributed by atoms with Gasteiger partial charge in [0.05, 0.1) is 18.4 Å². The van der Waals surface area contributed by atoms with Gasteiger partial charge >= 0.3 is 0 Å². The fraction of sp³-hybridized carbons (Fsp3) is 0.400. The minimum Gasteiger partial charge on any atom is -0.459 e. The Kier molecular flexibility index (Phi) is 3.95. The van der Waals surface area contributed by atoms with Crippen molar-refractivity contribution in [3.05, 3.63) is 41.6 Å². The van der Waals surface area contributed by atoms with Crippen LogP contribution in [0.25, 0.3) is 0 Å². The highest BCUT2D eigenvalue weighted by molar-refractivity contribution is 5.91. The van der Waals surface area contributed by atoms with Crippen LogP contribution < -0.4 is 0 Å². The third-order valence-corrected chi connectivity index (χ3v) is 3.74. The first-order valence-electron chi connectivity index (χ1n) is 7.25. The SMILES string of the molecule is Cc1cc(CC(=O)N2CCN(C(=O)c3ccco3)CC2)n[nH]1. The molecule has 116 valence electrons. The third kappa shape index (κ3) is 3.03. The van der Waals surface area contributed by atoms with E-state index in [1.807, 2.05) is 13.0 Å². The highest BCUT2D eigenvalue weighted by Crippen LogP contribution is 2.10. The summed E-state index contributed by atoms with van der Waals surface area (Å²) < 4.78 is 5.12. The number of carbonyl (C=O) groups is 2.